The number of thiocarbonyl (C=S) groups is 1. The van der Waals surface area contributed by atoms with Crippen LogP contribution in [-0.4, -0.2) is 30.3 Å². The third-order valence-electron chi connectivity index (χ3n) is 3.52. The van der Waals surface area contributed by atoms with E-state index in [1.54, 1.807) is 6.07 Å². The van der Waals surface area contributed by atoms with E-state index < -0.39 is 10.0 Å². The fraction of sp³-hybridized carbons (Fsp3) is 0.500. The van der Waals surface area contributed by atoms with Gasteiger partial charge in [0, 0.05) is 18.2 Å². The summed E-state index contributed by atoms with van der Waals surface area (Å²) >= 11 is 11.0. The summed E-state index contributed by atoms with van der Waals surface area (Å²) < 4.78 is 27.1. The molecule has 0 unspecified atom stereocenters. The predicted octanol–water partition coefficient (Wildman–Crippen LogP) is 2.78. The number of hydrogen-bond acceptors (Lipinski definition) is 3. The molecule has 0 radical (unpaired) electrons. The van der Waals surface area contributed by atoms with E-state index in [2.05, 4.69) is 0 Å². The third kappa shape index (κ3) is 3.74. The topological polar surface area (TPSA) is 63.4 Å². The number of nitrogens with zero attached hydrogens (tertiary/aromatic N) is 1. The van der Waals surface area contributed by atoms with Gasteiger partial charge in [0.1, 0.15) is 4.99 Å². The van der Waals surface area contributed by atoms with Gasteiger partial charge in [-0.3, -0.25) is 0 Å². The Bertz CT molecular complexity index is 655. The molecule has 1 saturated carbocycles. The molecule has 1 aromatic carbocycles. The molecule has 2 N–H and O–H groups in total. The third-order valence-corrected chi connectivity index (χ3v) is 6.09. The van der Waals surface area contributed by atoms with Crippen molar-refractivity contribution in [2.75, 3.05) is 6.54 Å². The van der Waals surface area contributed by atoms with Gasteiger partial charge in [-0.15, -0.1) is 0 Å². The molecule has 7 heteroatoms. The largest absolute Gasteiger partial charge is 0.389 e. The number of nitrogens with two attached hydrogens (primary N) is 1. The molecule has 0 atom stereocenters. The van der Waals surface area contributed by atoms with E-state index in [9.17, 15) is 8.42 Å². The van der Waals surface area contributed by atoms with Crippen molar-refractivity contribution in [3.05, 3.63) is 28.8 Å². The van der Waals surface area contributed by atoms with Gasteiger partial charge in [-0.05, 0) is 50.8 Å². The van der Waals surface area contributed by atoms with Crippen LogP contribution in [0.1, 0.15) is 32.3 Å². The molecule has 0 saturated heterocycles. The Morgan fingerprint density at radius 1 is 1.48 bits per heavy atom. The summed E-state index contributed by atoms with van der Waals surface area (Å²) in [5, 5.41) is 0.263. The van der Waals surface area contributed by atoms with Crippen LogP contribution in [0.25, 0.3) is 0 Å². The van der Waals surface area contributed by atoms with Crippen LogP contribution in [0.2, 0.25) is 5.02 Å². The van der Waals surface area contributed by atoms with Crippen molar-refractivity contribution in [1.82, 2.24) is 4.31 Å². The maximum atomic E-state index is 12.8. The predicted molar refractivity (Wildman–Crippen MR) is 89.1 cm³/mol. The summed E-state index contributed by atoms with van der Waals surface area (Å²) in [4.78, 5) is 0.337. The zero-order valence-corrected chi connectivity index (χ0v) is 14.4. The van der Waals surface area contributed by atoms with Crippen LogP contribution in [0.4, 0.5) is 0 Å². The van der Waals surface area contributed by atoms with Crippen LogP contribution < -0.4 is 5.73 Å². The Labute approximate surface area is 136 Å². The number of benzene rings is 1. The fourth-order valence-corrected chi connectivity index (χ4v) is 4.45. The van der Waals surface area contributed by atoms with Gasteiger partial charge in [-0.1, -0.05) is 23.8 Å². The fourth-order valence-electron chi connectivity index (χ4n) is 2.13. The van der Waals surface area contributed by atoms with Crippen molar-refractivity contribution in [1.29, 1.82) is 0 Å². The number of rotatable bonds is 6. The van der Waals surface area contributed by atoms with Crippen LogP contribution >= 0.6 is 23.8 Å². The van der Waals surface area contributed by atoms with Gasteiger partial charge in [0.2, 0.25) is 10.0 Å². The van der Waals surface area contributed by atoms with Gasteiger partial charge in [0.25, 0.3) is 0 Å². The molecule has 0 amide bonds. The van der Waals surface area contributed by atoms with Gasteiger partial charge >= 0.3 is 0 Å². The number of hydrogen-bond donors (Lipinski definition) is 1. The average Bonchev–Trinajstić information content (AvgIpc) is 3.18. The minimum Gasteiger partial charge on any atom is -0.389 e. The molecular weight excluding hydrogens is 328 g/mol. The summed E-state index contributed by atoms with van der Waals surface area (Å²) in [6.07, 6.45) is 2.19. The van der Waals surface area contributed by atoms with E-state index >= 15 is 0 Å². The summed E-state index contributed by atoms with van der Waals surface area (Å²) in [6, 6.07) is 4.41. The maximum Gasteiger partial charge on any atom is 0.243 e. The first-order valence-corrected chi connectivity index (χ1v) is 9.07. The quantitative estimate of drug-likeness (QED) is 0.804. The second-order valence-electron chi connectivity index (χ2n) is 5.62. The average molecular weight is 347 g/mol. The molecule has 1 aliphatic carbocycles. The molecule has 116 valence electrons. The van der Waals surface area contributed by atoms with Crippen LogP contribution in [0.3, 0.4) is 0 Å². The van der Waals surface area contributed by atoms with Crippen LogP contribution in [-0.2, 0) is 10.0 Å². The van der Waals surface area contributed by atoms with E-state index in [1.165, 1.54) is 16.4 Å². The van der Waals surface area contributed by atoms with Crippen molar-refractivity contribution < 1.29 is 8.42 Å². The molecule has 2 rings (SSSR count). The lowest BCUT2D eigenvalue weighted by Crippen LogP contribution is -2.38. The maximum absolute atomic E-state index is 12.8. The van der Waals surface area contributed by atoms with Gasteiger partial charge < -0.3 is 5.73 Å². The van der Waals surface area contributed by atoms with Crippen LogP contribution in [0.15, 0.2) is 23.1 Å². The highest BCUT2D eigenvalue weighted by molar-refractivity contribution is 7.89. The van der Waals surface area contributed by atoms with Gasteiger partial charge in [-0.2, -0.15) is 4.31 Å². The van der Waals surface area contributed by atoms with E-state index in [1.807, 2.05) is 13.8 Å². The van der Waals surface area contributed by atoms with Crippen LogP contribution in [0.5, 0.6) is 0 Å². The van der Waals surface area contributed by atoms with Crippen molar-refractivity contribution in [3.63, 3.8) is 0 Å². The molecule has 1 aliphatic rings. The lowest BCUT2D eigenvalue weighted by atomic mass is 10.2. The van der Waals surface area contributed by atoms with E-state index in [0.717, 1.165) is 12.8 Å². The first kappa shape index (κ1) is 16.7. The molecular formula is C14H19ClN2O2S2. The molecule has 1 fully saturated rings. The Hall–Kier alpha value is -0.690. The summed E-state index contributed by atoms with van der Waals surface area (Å²) in [5.74, 6) is 0.480. The monoisotopic (exact) mass is 346 g/mol. The molecule has 1 aromatic rings. The number of sulfonamides is 1. The molecule has 0 spiro atoms. The standard InChI is InChI=1S/C14H19ClN2O2S2/c1-9(2)17(8-10-3-4-10)21(18,19)11-5-6-12(14(16)20)13(15)7-11/h5-7,9-10H,3-4,8H2,1-2H3,(H2,16,20). The first-order chi connectivity index (χ1) is 9.73. The Morgan fingerprint density at radius 3 is 2.52 bits per heavy atom. The first-order valence-electron chi connectivity index (χ1n) is 6.84. The smallest absolute Gasteiger partial charge is 0.243 e. The second-order valence-corrected chi connectivity index (χ2v) is 8.36. The summed E-state index contributed by atoms with van der Waals surface area (Å²) in [6.45, 7) is 4.32. The lowest BCUT2D eigenvalue weighted by Gasteiger charge is -2.26. The van der Waals surface area contributed by atoms with Gasteiger partial charge in [0.15, 0.2) is 0 Å². The van der Waals surface area contributed by atoms with Crippen LogP contribution in [0, 0.1) is 5.92 Å². The van der Waals surface area contributed by atoms with Crippen molar-refractivity contribution in [2.45, 2.75) is 37.6 Å². The zero-order chi connectivity index (χ0) is 15.8. The minimum atomic E-state index is -3.56. The van der Waals surface area contributed by atoms with Crippen molar-refractivity contribution in [3.8, 4) is 0 Å². The zero-order valence-electron chi connectivity index (χ0n) is 12.0. The summed E-state index contributed by atoms with van der Waals surface area (Å²) in [5.41, 5.74) is 6.03. The van der Waals surface area contributed by atoms with Crippen molar-refractivity contribution in [2.24, 2.45) is 11.7 Å². The second kappa shape index (κ2) is 6.20. The van der Waals surface area contributed by atoms with Crippen molar-refractivity contribution >= 4 is 38.8 Å². The summed E-state index contributed by atoms with van der Waals surface area (Å²) in [7, 11) is -3.56. The Kier molecular flexibility index (Phi) is 4.92. The minimum absolute atomic E-state index is 0.0929. The molecule has 21 heavy (non-hydrogen) atoms. The molecule has 4 nitrogen and oxygen atoms in total. The lowest BCUT2D eigenvalue weighted by molar-refractivity contribution is 0.342. The molecule has 0 heterocycles. The highest BCUT2D eigenvalue weighted by Gasteiger charge is 2.33. The highest BCUT2D eigenvalue weighted by Crippen LogP contribution is 2.33. The molecule has 0 aromatic heterocycles. The number of halogens is 1. The van der Waals surface area contributed by atoms with Gasteiger partial charge in [-0.25, -0.2) is 8.42 Å². The highest BCUT2D eigenvalue weighted by atomic mass is 35.5. The molecule has 0 aliphatic heterocycles. The molecule has 0 bridgehead atoms. The Balaban J connectivity index is 2.37. The van der Waals surface area contributed by atoms with E-state index in [4.69, 9.17) is 29.6 Å². The Morgan fingerprint density at radius 2 is 2.10 bits per heavy atom. The van der Waals surface area contributed by atoms with E-state index in [-0.39, 0.29) is 20.9 Å². The van der Waals surface area contributed by atoms with Gasteiger partial charge in [0.05, 0.1) is 9.92 Å². The SMILES string of the molecule is CC(C)N(CC1CC1)S(=O)(=O)c1ccc(C(N)=S)c(Cl)c1. The van der Waals surface area contributed by atoms with E-state index in [0.29, 0.717) is 18.0 Å². The normalized spacial score (nSPS) is 15.7.